The Labute approximate surface area is 268 Å². The molecular formula is C27H35NY3-4. The largest absolute Gasteiger partial charge is 0.405 e. The van der Waals surface area contributed by atoms with Gasteiger partial charge in [0.15, 0.2) is 0 Å². The van der Waals surface area contributed by atoms with E-state index in [4.69, 9.17) is 0 Å². The second kappa shape index (κ2) is 25.4. The molecule has 0 spiro atoms. The van der Waals surface area contributed by atoms with E-state index in [1.165, 1.54) is 11.1 Å². The van der Waals surface area contributed by atoms with Crippen LogP contribution in [0.15, 0.2) is 54.6 Å². The van der Waals surface area contributed by atoms with E-state index in [0.717, 1.165) is 23.5 Å². The van der Waals surface area contributed by atoms with E-state index < -0.39 is 0 Å². The number of rotatable bonds is 1. The Morgan fingerprint density at radius 1 is 0.548 bits per heavy atom. The van der Waals surface area contributed by atoms with E-state index in [2.05, 4.69) is 41.3 Å². The molecule has 3 radical (unpaired) electrons. The average Bonchev–Trinajstić information content (AvgIpc) is 2.83. The molecule has 0 bridgehead atoms. The standard InChI is InChI=1S/C19H11N.4C2H6.3Y/c1-2-10-17(11-3-1)20-18-12-6-4-8-15(18)14-16-9-5-7-13-19(16)20;4*1-2;;;/h1-9H,14H2;4*1-2H3;;;/q-4;;;;;;;. The van der Waals surface area contributed by atoms with Crippen molar-refractivity contribution in [1.82, 2.24) is 0 Å². The number of para-hydroxylation sites is 3. The molecule has 161 valence electrons. The molecule has 4 heteroatoms. The third-order valence-electron chi connectivity index (χ3n) is 3.52. The molecular weight excluding hydrogens is 605 g/mol. The predicted octanol–water partition coefficient (Wildman–Crippen LogP) is 8.36. The number of hydrogen-bond donors (Lipinski definition) is 0. The Bertz CT molecular complexity index is 716. The molecule has 1 heterocycles. The van der Waals surface area contributed by atoms with Crippen LogP contribution < -0.4 is 4.90 Å². The minimum Gasteiger partial charge on any atom is -0.405 e. The van der Waals surface area contributed by atoms with Crippen molar-refractivity contribution >= 4 is 17.1 Å². The smallest absolute Gasteiger partial charge is 0 e. The fourth-order valence-corrected chi connectivity index (χ4v) is 2.64. The molecule has 31 heavy (non-hydrogen) atoms. The minimum atomic E-state index is 0. The maximum absolute atomic E-state index is 3.34. The molecule has 1 aliphatic rings. The molecule has 0 aromatic heterocycles. The SMILES string of the molecule is CC.CC.CC.CC.[Y].[Y].[Y].[c-]1ccc[c-]c1N1c2[c-]cccc2Cc2ccc[c-]c21. The maximum Gasteiger partial charge on any atom is 0 e. The van der Waals surface area contributed by atoms with Gasteiger partial charge < -0.3 is 17.0 Å². The van der Waals surface area contributed by atoms with E-state index >= 15 is 0 Å². The first-order valence-corrected chi connectivity index (χ1v) is 10.6. The van der Waals surface area contributed by atoms with Crippen LogP contribution >= 0.6 is 0 Å². The summed E-state index contributed by atoms with van der Waals surface area (Å²) in [6.45, 7) is 16.0. The summed E-state index contributed by atoms with van der Waals surface area (Å²) in [6.07, 6.45) is 0.919. The van der Waals surface area contributed by atoms with Gasteiger partial charge in [0.1, 0.15) is 0 Å². The maximum atomic E-state index is 3.34. The second-order valence-corrected chi connectivity index (χ2v) is 4.76. The molecule has 1 aliphatic heterocycles. The molecule has 0 saturated heterocycles. The number of fused-ring (bicyclic) bond motifs is 2. The van der Waals surface area contributed by atoms with Gasteiger partial charge >= 0.3 is 0 Å². The first-order valence-electron chi connectivity index (χ1n) is 10.6. The van der Waals surface area contributed by atoms with Gasteiger partial charge in [0.05, 0.1) is 0 Å². The zero-order valence-electron chi connectivity index (χ0n) is 20.6. The Balaban J connectivity index is -0.000000301. The molecule has 0 atom stereocenters. The van der Waals surface area contributed by atoms with Gasteiger partial charge in [0.25, 0.3) is 0 Å². The Morgan fingerprint density at radius 2 is 0.903 bits per heavy atom. The molecule has 0 amide bonds. The van der Waals surface area contributed by atoms with Gasteiger partial charge in [-0.3, -0.25) is 18.2 Å². The van der Waals surface area contributed by atoms with E-state index in [-0.39, 0.29) is 98.1 Å². The normalized spacial score (nSPS) is 8.97. The van der Waals surface area contributed by atoms with Gasteiger partial charge in [-0.15, -0.1) is 11.1 Å². The summed E-state index contributed by atoms with van der Waals surface area (Å²) in [5.41, 5.74) is 5.58. The summed E-state index contributed by atoms with van der Waals surface area (Å²) in [5, 5.41) is 0. The summed E-state index contributed by atoms with van der Waals surface area (Å²) < 4.78 is 0. The summed E-state index contributed by atoms with van der Waals surface area (Å²) in [6, 6.07) is 31.2. The molecule has 0 N–H and O–H groups in total. The predicted molar refractivity (Wildman–Crippen MR) is 125 cm³/mol. The van der Waals surface area contributed by atoms with E-state index in [1.54, 1.807) is 0 Å². The number of nitrogens with zero attached hydrogens (tertiary/aromatic N) is 1. The van der Waals surface area contributed by atoms with Gasteiger partial charge in [-0.25, -0.2) is 5.69 Å². The summed E-state index contributed by atoms with van der Waals surface area (Å²) in [5.74, 6) is 0. The second-order valence-electron chi connectivity index (χ2n) is 4.76. The molecule has 0 fully saturated rings. The van der Waals surface area contributed by atoms with E-state index in [1.807, 2.05) is 97.9 Å². The first kappa shape index (κ1) is 39.0. The van der Waals surface area contributed by atoms with Gasteiger partial charge in [0, 0.05) is 98.1 Å². The molecule has 4 rings (SSSR count). The van der Waals surface area contributed by atoms with Gasteiger partial charge in [-0.05, 0) is 0 Å². The Hall–Kier alpha value is 0.772. The van der Waals surface area contributed by atoms with Crippen LogP contribution in [0.1, 0.15) is 66.5 Å². The van der Waals surface area contributed by atoms with Crippen LogP contribution in [0.25, 0.3) is 0 Å². The van der Waals surface area contributed by atoms with Crippen LogP contribution in [0.5, 0.6) is 0 Å². The molecule has 3 aromatic carbocycles. The van der Waals surface area contributed by atoms with Gasteiger partial charge in [0.2, 0.25) is 0 Å². The van der Waals surface area contributed by atoms with Crippen molar-refractivity contribution in [2.75, 3.05) is 4.90 Å². The molecule has 0 saturated carbocycles. The van der Waals surface area contributed by atoms with Crippen molar-refractivity contribution in [3.63, 3.8) is 0 Å². The van der Waals surface area contributed by atoms with Crippen molar-refractivity contribution in [3.8, 4) is 0 Å². The van der Waals surface area contributed by atoms with Crippen molar-refractivity contribution < 1.29 is 98.1 Å². The Morgan fingerprint density at radius 3 is 1.29 bits per heavy atom. The minimum absolute atomic E-state index is 0. The molecule has 0 aliphatic carbocycles. The summed E-state index contributed by atoms with van der Waals surface area (Å²) in [7, 11) is 0. The number of hydrogen-bond acceptors (Lipinski definition) is 1. The fraction of sp³-hybridized carbons (Fsp3) is 0.333. The van der Waals surface area contributed by atoms with Gasteiger partial charge in [-0.2, -0.15) is 48.5 Å². The summed E-state index contributed by atoms with van der Waals surface area (Å²) >= 11 is 0. The summed E-state index contributed by atoms with van der Waals surface area (Å²) in [4.78, 5) is 2.13. The quantitative estimate of drug-likeness (QED) is 0.189. The monoisotopic (exact) mass is 640 g/mol. The van der Waals surface area contributed by atoms with Crippen LogP contribution in [-0.4, -0.2) is 0 Å². The molecule has 1 nitrogen and oxygen atoms in total. The van der Waals surface area contributed by atoms with Crippen molar-refractivity contribution in [2.24, 2.45) is 0 Å². The third-order valence-corrected chi connectivity index (χ3v) is 3.52. The van der Waals surface area contributed by atoms with Crippen LogP contribution in [0.2, 0.25) is 0 Å². The van der Waals surface area contributed by atoms with Crippen molar-refractivity contribution in [1.29, 1.82) is 0 Å². The van der Waals surface area contributed by atoms with E-state index in [9.17, 15) is 0 Å². The first-order chi connectivity index (χ1) is 13.9. The number of benzene rings is 3. The fourth-order valence-electron chi connectivity index (χ4n) is 2.64. The van der Waals surface area contributed by atoms with Crippen molar-refractivity contribution in [2.45, 2.75) is 61.8 Å². The van der Waals surface area contributed by atoms with Crippen LogP contribution in [0.4, 0.5) is 17.1 Å². The molecule has 3 aromatic rings. The zero-order valence-corrected chi connectivity index (χ0v) is 29.1. The average molecular weight is 640 g/mol. The number of anilines is 3. The van der Waals surface area contributed by atoms with Crippen LogP contribution in [-0.2, 0) is 105 Å². The van der Waals surface area contributed by atoms with Gasteiger partial charge in [-0.1, -0.05) is 73.2 Å². The molecule has 0 unspecified atom stereocenters. The third kappa shape index (κ3) is 11.6. The van der Waals surface area contributed by atoms with Crippen LogP contribution in [0, 0.1) is 24.3 Å². The Kier molecular flexibility index (Phi) is 32.0. The van der Waals surface area contributed by atoms with E-state index in [0.29, 0.717) is 0 Å². The van der Waals surface area contributed by atoms with Crippen LogP contribution in [0.3, 0.4) is 0 Å². The zero-order chi connectivity index (χ0) is 21.4. The topological polar surface area (TPSA) is 3.24 Å². The van der Waals surface area contributed by atoms with Crippen molar-refractivity contribution in [3.05, 3.63) is 90.0 Å².